The van der Waals surface area contributed by atoms with E-state index in [-0.39, 0.29) is 22.6 Å². The summed E-state index contributed by atoms with van der Waals surface area (Å²) in [7, 11) is -3.44. The van der Waals surface area contributed by atoms with Crippen LogP contribution in [-0.2, 0) is 29.1 Å². The topological polar surface area (TPSA) is 191 Å². The Kier molecular flexibility index (Phi) is 8.80. The first kappa shape index (κ1) is 28.4. The van der Waals surface area contributed by atoms with Crippen molar-refractivity contribution in [2.75, 3.05) is 43.9 Å². The normalized spacial score (nSPS) is 20.1. The predicted octanol–water partition coefficient (Wildman–Crippen LogP) is 0.610. The zero-order valence-corrected chi connectivity index (χ0v) is 22.1. The van der Waals surface area contributed by atoms with Crippen molar-refractivity contribution in [1.82, 2.24) is 4.90 Å². The molecule has 204 valence electrons. The van der Waals surface area contributed by atoms with Gasteiger partial charge in [-0.15, -0.1) is 0 Å². The highest BCUT2D eigenvalue weighted by molar-refractivity contribution is 7.90. The Balaban J connectivity index is 2.29. The fourth-order valence-corrected chi connectivity index (χ4v) is 6.53. The van der Waals surface area contributed by atoms with Crippen molar-refractivity contribution in [2.45, 2.75) is 50.2 Å². The van der Waals surface area contributed by atoms with Gasteiger partial charge in [-0.05, 0) is 44.2 Å². The van der Waals surface area contributed by atoms with Crippen molar-refractivity contribution in [3.05, 3.63) is 22.8 Å². The van der Waals surface area contributed by atoms with Gasteiger partial charge in [0.2, 0.25) is 10.0 Å². The minimum atomic E-state index is -4.56. The van der Waals surface area contributed by atoms with Gasteiger partial charge in [0.1, 0.15) is 17.4 Å². The van der Waals surface area contributed by atoms with Gasteiger partial charge in [-0.2, -0.15) is 5.10 Å². The maximum atomic E-state index is 13.8. The van der Waals surface area contributed by atoms with E-state index in [1.807, 2.05) is 9.80 Å². The van der Waals surface area contributed by atoms with Gasteiger partial charge in [-0.1, -0.05) is 0 Å². The number of aldehydes is 1. The molecule has 2 unspecified atom stereocenters. The number of primary sulfonamides is 1. The maximum Gasteiger partial charge on any atom is 0.307 e. The molecule has 1 aromatic rings. The number of Topliss-reactive ketones (excluding diaryl/α,β-unsaturated/α-hetero) is 1. The summed E-state index contributed by atoms with van der Waals surface area (Å²) >= 11 is 0. The summed E-state index contributed by atoms with van der Waals surface area (Å²) in [6.45, 7) is 4.03. The van der Waals surface area contributed by atoms with Gasteiger partial charge in [0, 0.05) is 61.0 Å². The average Bonchev–Trinajstić information content (AvgIpc) is 3.39. The fraction of sp³-hybridized carbons (Fsp3) is 0.583. The van der Waals surface area contributed by atoms with Gasteiger partial charge >= 0.3 is 5.97 Å². The van der Waals surface area contributed by atoms with Gasteiger partial charge in [0.15, 0.2) is 5.78 Å². The number of hydrogen-bond donors (Lipinski definition) is 3. The number of ketones is 1. The smallest absolute Gasteiger partial charge is 0.307 e. The number of nitrogens with zero attached hydrogens (tertiary/aromatic N) is 3. The zero-order chi connectivity index (χ0) is 27.4. The molecule has 12 nitrogen and oxygen atoms in total. The lowest BCUT2D eigenvalue weighted by Crippen LogP contribution is -2.45. The summed E-state index contributed by atoms with van der Waals surface area (Å²) in [6.07, 6.45) is 3.68. The van der Waals surface area contributed by atoms with Crippen molar-refractivity contribution in [1.29, 1.82) is 0 Å². The minimum Gasteiger partial charge on any atom is -0.469 e. The molecule has 2 aliphatic heterocycles. The number of carbonyl (C=O) groups is 3. The highest BCUT2D eigenvalue weighted by atomic mass is 32.2. The van der Waals surface area contributed by atoms with E-state index in [1.165, 1.54) is 12.4 Å². The maximum absolute atomic E-state index is 13.8. The van der Waals surface area contributed by atoms with Gasteiger partial charge in [0.25, 0.3) is 0 Å². The van der Waals surface area contributed by atoms with Crippen LogP contribution in [0.2, 0.25) is 0 Å². The molecule has 37 heavy (non-hydrogen) atoms. The Morgan fingerprint density at radius 2 is 1.92 bits per heavy atom. The Hall–Kier alpha value is -3.19. The van der Waals surface area contributed by atoms with Gasteiger partial charge in [-0.3, -0.25) is 9.59 Å². The molecule has 2 heterocycles. The van der Waals surface area contributed by atoms with Crippen LogP contribution in [-0.4, -0.2) is 71.0 Å². The van der Waals surface area contributed by atoms with E-state index in [4.69, 9.17) is 21.5 Å². The lowest BCUT2D eigenvalue weighted by Gasteiger charge is -2.36. The number of esters is 1. The van der Waals surface area contributed by atoms with E-state index in [0.29, 0.717) is 50.1 Å². The molecule has 3 rings (SSSR count). The summed E-state index contributed by atoms with van der Waals surface area (Å²) in [5, 5.41) is 9.29. The number of anilines is 2. The van der Waals surface area contributed by atoms with E-state index in [2.05, 4.69) is 5.10 Å². The molecule has 0 spiro atoms. The number of sulfonamides is 1. The summed E-state index contributed by atoms with van der Waals surface area (Å²) in [5.41, 5.74) is 7.98. The quantitative estimate of drug-likeness (QED) is 0.0558. The SMILES string of the molecule is COC(=O)CC(CC=O)(c1cc(C(=O)C2CCCN(C=NN)C2)c(N)c(C)c1N1CCCC1)S(N)(=O)=O. The number of likely N-dealkylation sites (tertiary alicyclic amines) is 1. The highest BCUT2D eigenvalue weighted by Crippen LogP contribution is 2.46. The van der Waals surface area contributed by atoms with Crippen molar-refractivity contribution < 1.29 is 27.5 Å². The molecule has 1 aromatic carbocycles. The highest BCUT2D eigenvalue weighted by Gasteiger charge is 2.49. The molecule has 2 fully saturated rings. The van der Waals surface area contributed by atoms with E-state index in [0.717, 1.165) is 26.4 Å². The number of carbonyl (C=O) groups excluding carboxylic acids is 3. The number of rotatable bonds is 10. The zero-order valence-electron chi connectivity index (χ0n) is 21.3. The number of piperidine rings is 1. The van der Waals surface area contributed by atoms with Crippen LogP contribution in [0.1, 0.15) is 60.0 Å². The second-order valence-electron chi connectivity index (χ2n) is 9.68. The molecular formula is C24H36N6O6S. The third kappa shape index (κ3) is 5.57. The van der Waals surface area contributed by atoms with Gasteiger partial charge in [0.05, 0.1) is 13.5 Å². The van der Waals surface area contributed by atoms with Crippen LogP contribution in [0.5, 0.6) is 0 Å². The van der Waals surface area contributed by atoms with Crippen LogP contribution in [0, 0.1) is 12.8 Å². The average molecular weight is 537 g/mol. The molecule has 0 amide bonds. The minimum absolute atomic E-state index is 0.112. The molecule has 0 bridgehead atoms. The number of hydrogen-bond acceptors (Lipinski definition) is 10. The Morgan fingerprint density at radius 1 is 1.24 bits per heavy atom. The van der Waals surface area contributed by atoms with Crippen molar-refractivity contribution >= 4 is 45.8 Å². The summed E-state index contributed by atoms with van der Waals surface area (Å²) in [6, 6.07) is 1.42. The third-order valence-corrected chi connectivity index (χ3v) is 9.06. The molecule has 13 heteroatoms. The van der Waals surface area contributed by atoms with E-state index >= 15 is 0 Å². The van der Waals surface area contributed by atoms with Crippen LogP contribution >= 0.6 is 0 Å². The summed E-state index contributed by atoms with van der Waals surface area (Å²) < 4.78 is 29.0. The van der Waals surface area contributed by atoms with Crippen LogP contribution in [0.4, 0.5) is 11.4 Å². The van der Waals surface area contributed by atoms with Gasteiger partial charge in [-0.25, -0.2) is 13.6 Å². The molecule has 0 aliphatic carbocycles. The second kappa shape index (κ2) is 11.5. The molecule has 0 aromatic heterocycles. The molecule has 0 saturated carbocycles. The number of ether oxygens (including phenoxy) is 1. The Labute approximate surface area is 217 Å². The lowest BCUT2D eigenvalue weighted by atomic mass is 9.82. The van der Waals surface area contributed by atoms with E-state index < -0.39 is 39.5 Å². The van der Waals surface area contributed by atoms with E-state index in [1.54, 1.807) is 6.92 Å². The lowest BCUT2D eigenvalue weighted by molar-refractivity contribution is -0.141. The summed E-state index contributed by atoms with van der Waals surface area (Å²) in [4.78, 5) is 41.9. The predicted molar refractivity (Wildman–Crippen MR) is 140 cm³/mol. The number of benzene rings is 1. The van der Waals surface area contributed by atoms with Crippen LogP contribution in [0.25, 0.3) is 0 Å². The molecule has 2 aliphatic rings. The monoisotopic (exact) mass is 536 g/mol. The van der Waals surface area contributed by atoms with E-state index in [9.17, 15) is 22.8 Å². The molecule has 2 atom stereocenters. The Morgan fingerprint density at radius 3 is 2.49 bits per heavy atom. The standard InChI is InChI=1S/C24H36N6O6S/c1-16-21(25)18(23(33)17-6-5-8-29(14-17)15-28-26)12-19(22(16)30-9-3-4-10-30)24(7-11-31,37(27,34)35)13-20(32)36-2/h11-12,15,17H,3-10,13-14,25-26H2,1-2H3,(H2,27,34,35). The second-order valence-corrected chi connectivity index (χ2v) is 11.6. The number of methoxy groups -OCH3 is 1. The number of hydrazone groups is 1. The van der Waals surface area contributed by atoms with Crippen molar-refractivity contribution in [3.8, 4) is 0 Å². The Bertz CT molecular complexity index is 1180. The first-order valence-corrected chi connectivity index (χ1v) is 13.8. The largest absolute Gasteiger partial charge is 0.469 e. The molecule has 0 radical (unpaired) electrons. The van der Waals surface area contributed by atoms with Gasteiger partial charge < -0.3 is 30.9 Å². The van der Waals surface area contributed by atoms with Crippen LogP contribution in [0.15, 0.2) is 11.2 Å². The molecule has 2 saturated heterocycles. The van der Waals surface area contributed by atoms with Crippen molar-refractivity contribution in [2.24, 2.45) is 22.0 Å². The fourth-order valence-electron chi connectivity index (χ4n) is 5.45. The molecular weight excluding hydrogens is 500 g/mol. The van der Waals surface area contributed by atoms with Crippen LogP contribution in [0.3, 0.4) is 0 Å². The number of nitrogens with two attached hydrogens (primary N) is 3. The first-order valence-electron chi connectivity index (χ1n) is 12.2. The number of nitrogen functional groups attached to an aromatic ring is 1. The first-order chi connectivity index (χ1) is 17.5. The molecule has 6 N–H and O–H groups in total. The summed E-state index contributed by atoms with van der Waals surface area (Å²) in [5.74, 6) is 3.73. The van der Waals surface area contributed by atoms with Crippen molar-refractivity contribution in [3.63, 3.8) is 0 Å². The third-order valence-electron chi connectivity index (χ3n) is 7.44. The van der Waals surface area contributed by atoms with Crippen LogP contribution < -0.4 is 21.6 Å².